The van der Waals surface area contributed by atoms with Crippen LogP contribution in [0.2, 0.25) is 10.0 Å². The lowest BCUT2D eigenvalue weighted by atomic mass is 9.99. The first-order chi connectivity index (χ1) is 9.11. The Bertz CT molecular complexity index is 555. The zero-order valence-corrected chi connectivity index (χ0v) is 12.1. The minimum atomic E-state index is -0.277. The molecule has 19 heavy (non-hydrogen) atoms. The molecule has 2 N–H and O–H groups in total. The molecule has 2 aromatic carbocycles. The molecule has 4 heteroatoms. The lowest BCUT2D eigenvalue weighted by Gasteiger charge is -2.15. The summed E-state index contributed by atoms with van der Waals surface area (Å²) in [7, 11) is 0. The highest BCUT2D eigenvalue weighted by molar-refractivity contribution is 6.35. The summed E-state index contributed by atoms with van der Waals surface area (Å²) in [5.41, 5.74) is 8.06. The van der Waals surface area contributed by atoms with Crippen molar-refractivity contribution in [3.63, 3.8) is 0 Å². The third kappa shape index (κ3) is 3.41. The molecule has 0 bridgehead atoms. The first kappa shape index (κ1) is 14.2. The zero-order valence-electron chi connectivity index (χ0n) is 10.6. The number of ether oxygens (including phenoxy) is 1. The van der Waals surface area contributed by atoms with E-state index in [1.54, 1.807) is 12.1 Å². The van der Waals surface area contributed by atoms with Crippen molar-refractivity contribution in [1.29, 1.82) is 0 Å². The highest BCUT2D eigenvalue weighted by Crippen LogP contribution is 2.29. The van der Waals surface area contributed by atoms with Crippen LogP contribution in [0.4, 0.5) is 0 Å². The molecule has 2 rings (SSSR count). The van der Waals surface area contributed by atoms with E-state index in [4.69, 9.17) is 33.7 Å². The SMILES string of the molecule is CCOc1ccc(C(N)c2ccc(Cl)cc2Cl)cc1. The summed E-state index contributed by atoms with van der Waals surface area (Å²) in [5.74, 6) is 0.834. The van der Waals surface area contributed by atoms with E-state index in [-0.39, 0.29) is 6.04 Å². The molecule has 0 heterocycles. The Kier molecular flexibility index (Phi) is 4.70. The first-order valence-corrected chi connectivity index (χ1v) is 6.80. The number of benzene rings is 2. The summed E-state index contributed by atoms with van der Waals surface area (Å²) in [5, 5.41) is 1.18. The summed E-state index contributed by atoms with van der Waals surface area (Å²) < 4.78 is 5.40. The van der Waals surface area contributed by atoms with E-state index in [2.05, 4.69) is 0 Å². The second kappa shape index (κ2) is 6.29. The van der Waals surface area contributed by atoms with Crippen molar-refractivity contribution in [3.8, 4) is 5.75 Å². The van der Waals surface area contributed by atoms with Crippen LogP contribution in [-0.4, -0.2) is 6.61 Å². The van der Waals surface area contributed by atoms with Crippen LogP contribution in [0.3, 0.4) is 0 Å². The minimum absolute atomic E-state index is 0.277. The molecule has 1 atom stereocenters. The molecule has 100 valence electrons. The topological polar surface area (TPSA) is 35.2 Å². The van der Waals surface area contributed by atoms with Crippen molar-refractivity contribution in [1.82, 2.24) is 0 Å². The molecule has 0 aliphatic heterocycles. The van der Waals surface area contributed by atoms with Crippen molar-refractivity contribution < 1.29 is 4.74 Å². The molecule has 0 amide bonds. The van der Waals surface area contributed by atoms with E-state index in [1.165, 1.54) is 0 Å². The number of nitrogens with two attached hydrogens (primary N) is 1. The van der Waals surface area contributed by atoms with Gasteiger partial charge >= 0.3 is 0 Å². The van der Waals surface area contributed by atoms with Gasteiger partial charge in [0.15, 0.2) is 0 Å². The lowest BCUT2D eigenvalue weighted by molar-refractivity contribution is 0.340. The number of rotatable bonds is 4. The van der Waals surface area contributed by atoms with Crippen LogP contribution in [0, 0.1) is 0 Å². The van der Waals surface area contributed by atoms with Crippen molar-refractivity contribution >= 4 is 23.2 Å². The van der Waals surface area contributed by atoms with Crippen molar-refractivity contribution in [2.45, 2.75) is 13.0 Å². The fourth-order valence-corrected chi connectivity index (χ4v) is 2.40. The fraction of sp³-hybridized carbons (Fsp3) is 0.200. The van der Waals surface area contributed by atoms with Crippen LogP contribution in [-0.2, 0) is 0 Å². The summed E-state index contributed by atoms with van der Waals surface area (Å²) in [6.07, 6.45) is 0. The van der Waals surface area contributed by atoms with E-state index in [9.17, 15) is 0 Å². The quantitative estimate of drug-likeness (QED) is 0.905. The van der Waals surface area contributed by atoms with E-state index >= 15 is 0 Å². The third-order valence-corrected chi connectivity index (χ3v) is 3.41. The van der Waals surface area contributed by atoms with Gasteiger partial charge in [-0.05, 0) is 42.3 Å². The molecule has 0 radical (unpaired) electrons. The van der Waals surface area contributed by atoms with Gasteiger partial charge in [-0.1, -0.05) is 41.4 Å². The van der Waals surface area contributed by atoms with Gasteiger partial charge in [-0.2, -0.15) is 0 Å². The van der Waals surface area contributed by atoms with Crippen LogP contribution in [0.25, 0.3) is 0 Å². The summed E-state index contributed by atoms with van der Waals surface area (Å²) in [6, 6.07) is 12.8. The monoisotopic (exact) mass is 295 g/mol. The fourth-order valence-electron chi connectivity index (χ4n) is 1.87. The van der Waals surface area contributed by atoms with Crippen LogP contribution in [0.15, 0.2) is 42.5 Å². The molecule has 2 aromatic rings. The normalized spacial score (nSPS) is 12.2. The highest BCUT2D eigenvalue weighted by Gasteiger charge is 2.12. The average Bonchev–Trinajstić information content (AvgIpc) is 2.39. The van der Waals surface area contributed by atoms with E-state index < -0.39 is 0 Å². The predicted molar refractivity (Wildman–Crippen MR) is 80.1 cm³/mol. The Hall–Kier alpha value is -1.22. The molecule has 0 fully saturated rings. The number of hydrogen-bond acceptors (Lipinski definition) is 2. The van der Waals surface area contributed by atoms with Crippen molar-refractivity contribution in [2.75, 3.05) is 6.61 Å². The highest BCUT2D eigenvalue weighted by atomic mass is 35.5. The lowest BCUT2D eigenvalue weighted by Crippen LogP contribution is -2.12. The molecule has 0 spiro atoms. The Labute approximate surface area is 123 Å². The van der Waals surface area contributed by atoms with Gasteiger partial charge in [0, 0.05) is 10.0 Å². The van der Waals surface area contributed by atoms with Gasteiger partial charge < -0.3 is 10.5 Å². The van der Waals surface area contributed by atoms with Crippen molar-refractivity contribution in [2.24, 2.45) is 5.73 Å². The van der Waals surface area contributed by atoms with Crippen LogP contribution < -0.4 is 10.5 Å². The molecule has 1 unspecified atom stereocenters. The van der Waals surface area contributed by atoms with Gasteiger partial charge in [0.05, 0.1) is 12.6 Å². The van der Waals surface area contributed by atoms with E-state index in [0.717, 1.165) is 16.9 Å². The third-order valence-electron chi connectivity index (χ3n) is 2.85. The maximum atomic E-state index is 6.22. The van der Waals surface area contributed by atoms with Gasteiger partial charge in [-0.3, -0.25) is 0 Å². The van der Waals surface area contributed by atoms with Gasteiger partial charge in [0.1, 0.15) is 5.75 Å². The smallest absolute Gasteiger partial charge is 0.119 e. The Morgan fingerprint density at radius 1 is 1.11 bits per heavy atom. The number of hydrogen-bond donors (Lipinski definition) is 1. The maximum Gasteiger partial charge on any atom is 0.119 e. The largest absolute Gasteiger partial charge is 0.494 e. The van der Waals surface area contributed by atoms with Crippen LogP contribution in [0.5, 0.6) is 5.75 Å². The molecular weight excluding hydrogens is 281 g/mol. The first-order valence-electron chi connectivity index (χ1n) is 6.05. The van der Waals surface area contributed by atoms with E-state index in [0.29, 0.717) is 16.7 Å². The Morgan fingerprint density at radius 2 is 1.79 bits per heavy atom. The molecule has 0 saturated heterocycles. The molecule has 0 aliphatic rings. The Morgan fingerprint density at radius 3 is 2.37 bits per heavy atom. The second-order valence-electron chi connectivity index (χ2n) is 4.15. The van der Waals surface area contributed by atoms with Crippen LogP contribution in [0.1, 0.15) is 24.1 Å². The van der Waals surface area contributed by atoms with Gasteiger partial charge in [0.25, 0.3) is 0 Å². The average molecular weight is 296 g/mol. The molecular formula is C15H15Cl2NO. The summed E-state index contributed by atoms with van der Waals surface area (Å²) in [4.78, 5) is 0. The summed E-state index contributed by atoms with van der Waals surface area (Å²) in [6.45, 7) is 2.60. The predicted octanol–water partition coefficient (Wildman–Crippen LogP) is 4.44. The standard InChI is InChI=1S/C15H15Cl2NO/c1-2-19-12-6-3-10(4-7-12)15(18)13-8-5-11(16)9-14(13)17/h3-9,15H,2,18H2,1H3. The molecule has 0 aliphatic carbocycles. The number of halogens is 2. The van der Waals surface area contributed by atoms with Gasteiger partial charge in [-0.15, -0.1) is 0 Å². The van der Waals surface area contributed by atoms with Crippen LogP contribution >= 0.6 is 23.2 Å². The van der Waals surface area contributed by atoms with Crippen molar-refractivity contribution in [3.05, 3.63) is 63.6 Å². The van der Waals surface area contributed by atoms with Gasteiger partial charge in [-0.25, -0.2) is 0 Å². The molecule has 2 nitrogen and oxygen atoms in total. The minimum Gasteiger partial charge on any atom is -0.494 e. The second-order valence-corrected chi connectivity index (χ2v) is 4.99. The summed E-state index contributed by atoms with van der Waals surface area (Å²) >= 11 is 12.0. The maximum absolute atomic E-state index is 6.22. The molecule has 0 saturated carbocycles. The molecule has 0 aromatic heterocycles. The Balaban J connectivity index is 2.25. The van der Waals surface area contributed by atoms with E-state index in [1.807, 2.05) is 37.3 Å². The van der Waals surface area contributed by atoms with Gasteiger partial charge in [0.2, 0.25) is 0 Å². The zero-order chi connectivity index (χ0) is 13.8.